The highest BCUT2D eigenvalue weighted by molar-refractivity contribution is 7.92. The Hall–Kier alpha value is -1.63. The van der Waals surface area contributed by atoms with Crippen molar-refractivity contribution in [2.45, 2.75) is 0 Å². The molecular weight excluding hydrogens is 218 g/mol. The molecule has 15 heavy (non-hydrogen) atoms. The minimum Gasteiger partial charge on any atom is -0.366 e. The maximum Gasteiger partial charge on any atom is 0.250 e. The summed E-state index contributed by atoms with van der Waals surface area (Å²) >= 11 is 0. The number of carbonyl (C=O) groups is 1. The molecule has 0 atom stereocenters. The second-order valence-corrected chi connectivity index (χ2v) is 5.01. The van der Waals surface area contributed by atoms with Crippen molar-refractivity contribution < 1.29 is 13.2 Å². The van der Waals surface area contributed by atoms with Crippen LogP contribution in [0.15, 0.2) is 18.3 Å². The zero-order valence-corrected chi connectivity index (χ0v) is 9.15. The summed E-state index contributed by atoms with van der Waals surface area (Å²) in [6.07, 6.45) is 2.30. The maximum atomic E-state index is 11.1. The predicted molar refractivity (Wildman–Crippen MR) is 56.0 cm³/mol. The van der Waals surface area contributed by atoms with Crippen LogP contribution in [0.25, 0.3) is 0 Å². The van der Waals surface area contributed by atoms with Gasteiger partial charge in [0.15, 0.2) is 0 Å². The van der Waals surface area contributed by atoms with Gasteiger partial charge in [0.25, 0.3) is 0 Å². The van der Waals surface area contributed by atoms with Gasteiger partial charge in [-0.25, -0.2) is 13.4 Å². The maximum absolute atomic E-state index is 11.1. The SMILES string of the molecule is CN(c1ccc(C(N)=O)cn1)S(C)(=O)=O. The van der Waals surface area contributed by atoms with E-state index < -0.39 is 15.9 Å². The molecule has 0 aliphatic heterocycles. The topological polar surface area (TPSA) is 93.4 Å². The predicted octanol–water partition coefficient (Wildman–Crippen LogP) is -0.424. The van der Waals surface area contributed by atoms with Crippen molar-refractivity contribution in [2.75, 3.05) is 17.6 Å². The molecule has 0 aromatic carbocycles. The van der Waals surface area contributed by atoms with Gasteiger partial charge in [-0.3, -0.25) is 9.10 Å². The lowest BCUT2D eigenvalue weighted by atomic mass is 10.3. The van der Waals surface area contributed by atoms with Crippen LogP contribution in [0, 0.1) is 0 Å². The molecule has 0 radical (unpaired) electrons. The Bertz CT molecular complexity index is 466. The molecule has 0 aliphatic rings. The highest BCUT2D eigenvalue weighted by Gasteiger charge is 2.13. The summed E-state index contributed by atoms with van der Waals surface area (Å²) in [5.74, 6) is -0.362. The Labute approximate surface area is 87.8 Å². The number of amides is 1. The Morgan fingerprint density at radius 1 is 1.47 bits per heavy atom. The van der Waals surface area contributed by atoms with E-state index >= 15 is 0 Å². The number of rotatable bonds is 3. The molecule has 7 heteroatoms. The summed E-state index contributed by atoms with van der Waals surface area (Å²) < 4.78 is 23.3. The smallest absolute Gasteiger partial charge is 0.250 e. The van der Waals surface area contributed by atoms with E-state index in [1.165, 1.54) is 25.4 Å². The molecule has 1 aromatic rings. The Balaban J connectivity index is 3.05. The fourth-order valence-corrected chi connectivity index (χ4v) is 1.34. The molecule has 1 heterocycles. The first kappa shape index (κ1) is 11.4. The van der Waals surface area contributed by atoms with Gasteiger partial charge in [-0.15, -0.1) is 0 Å². The van der Waals surface area contributed by atoms with Gasteiger partial charge < -0.3 is 5.73 Å². The number of anilines is 1. The van der Waals surface area contributed by atoms with Gasteiger partial charge in [-0.05, 0) is 12.1 Å². The van der Waals surface area contributed by atoms with Crippen LogP contribution in [-0.2, 0) is 10.0 Å². The highest BCUT2D eigenvalue weighted by atomic mass is 32.2. The molecule has 0 spiro atoms. The molecule has 1 aromatic heterocycles. The first-order chi connectivity index (χ1) is 6.82. The Morgan fingerprint density at radius 2 is 2.07 bits per heavy atom. The fraction of sp³-hybridized carbons (Fsp3) is 0.250. The fourth-order valence-electron chi connectivity index (χ4n) is 0.888. The van der Waals surface area contributed by atoms with Gasteiger partial charge in [-0.2, -0.15) is 0 Å². The molecule has 0 unspecified atom stereocenters. The van der Waals surface area contributed by atoms with E-state index in [2.05, 4.69) is 4.98 Å². The lowest BCUT2D eigenvalue weighted by Crippen LogP contribution is -2.25. The van der Waals surface area contributed by atoms with Gasteiger partial charge in [0.05, 0.1) is 11.8 Å². The van der Waals surface area contributed by atoms with E-state index in [1.807, 2.05) is 0 Å². The van der Waals surface area contributed by atoms with Crippen molar-refractivity contribution in [3.8, 4) is 0 Å². The molecule has 0 fully saturated rings. The summed E-state index contributed by atoms with van der Waals surface area (Å²) in [6.45, 7) is 0. The van der Waals surface area contributed by atoms with Crippen LogP contribution in [-0.4, -0.2) is 32.6 Å². The van der Waals surface area contributed by atoms with Crippen LogP contribution in [0.4, 0.5) is 5.82 Å². The Kier molecular flexibility index (Phi) is 2.94. The Morgan fingerprint density at radius 3 is 2.40 bits per heavy atom. The third-order valence-corrected chi connectivity index (χ3v) is 3.03. The quantitative estimate of drug-likeness (QED) is 0.761. The van der Waals surface area contributed by atoms with E-state index in [-0.39, 0.29) is 11.4 Å². The zero-order valence-electron chi connectivity index (χ0n) is 8.34. The van der Waals surface area contributed by atoms with Gasteiger partial charge >= 0.3 is 0 Å². The molecule has 6 nitrogen and oxygen atoms in total. The van der Waals surface area contributed by atoms with Crippen molar-refractivity contribution in [3.05, 3.63) is 23.9 Å². The van der Waals surface area contributed by atoms with Crippen LogP contribution in [0.3, 0.4) is 0 Å². The summed E-state index contributed by atoms with van der Waals surface area (Å²) in [4.78, 5) is 14.5. The molecule has 1 rings (SSSR count). The summed E-state index contributed by atoms with van der Waals surface area (Å²) in [7, 11) is -1.96. The third kappa shape index (κ3) is 2.66. The lowest BCUT2D eigenvalue weighted by Gasteiger charge is -2.14. The number of primary amides is 1. The zero-order chi connectivity index (χ0) is 11.6. The first-order valence-corrected chi connectivity index (χ1v) is 5.87. The number of nitrogens with two attached hydrogens (primary N) is 1. The minimum absolute atomic E-state index is 0.237. The van der Waals surface area contributed by atoms with Gasteiger partial charge in [0.1, 0.15) is 5.82 Å². The molecule has 0 saturated carbocycles. The average molecular weight is 229 g/mol. The van der Waals surface area contributed by atoms with Crippen molar-refractivity contribution in [3.63, 3.8) is 0 Å². The van der Waals surface area contributed by atoms with Crippen LogP contribution in [0.5, 0.6) is 0 Å². The number of sulfonamides is 1. The molecule has 2 N–H and O–H groups in total. The van der Waals surface area contributed by atoms with Crippen molar-refractivity contribution >= 4 is 21.7 Å². The van der Waals surface area contributed by atoms with E-state index in [0.29, 0.717) is 0 Å². The summed E-state index contributed by atoms with van der Waals surface area (Å²) in [6, 6.07) is 2.84. The van der Waals surface area contributed by atoms with Crippen LogP contribution in [0.1, 0.15) is 10.4 Å². The van der Waals surface area contributed by atoms with Gasteiger partial charge in [-0.1, -0.05) is 0 Å². The highest BCUT2D eigenvalue weighted by Crippen LogP contribution is 2.11. The average Bonchev–Trinajstić information content (AvgIpc) is 2.15. The largest absolute Gasteiger partial charge is 0.366 e. The van der Waals surface area contributed by atoms with E-state index in [0.717, 1.165) is 10.6 Å². The summed E-state index contributed by atoms with van der Waals surface area (Å²) in [5, 5.41) is 0. The standard InChI is InChI=1S/C8H11N3O3S/c1-11(15(2,13)14)7-4-3-6(5-10-7)8(9)12/h3-5H,1-2H3,(H2,9,12). The molecule has 0 saturated heterocycles. The normalized spacial score (nSPS) is 11.1. The third-order valence-electron chi connectivity index (χ3n) is 1.85. The molecule has 0 bridgehead atoms. The van der Waals surface area contributed by atoms with E-state index in [9.17, 15) is 13.2 Å². The van der Waals surface area contributed by atoms with Crippen LogP contribution >= 0.6 is 0 Å². The number of carbonyl (C=O) groups excluding carboxylic acids is 1. The number of nitrogens with zero attached hydrogens (tertiary/aromatic N) is 2. The van der Waals surface area contributed by atoms with Crippen molar-refractivity contribution in [1.29, 1.82) is 0 Å². The van der Waals surface area contributed by atoms with E-state index in [1.54, 1.807) is 0 Å². The minimum atomic E-state index is -3.33. The number of hydrogen-bond acceptors (Lipinski definition) is 4. The van der Waals surface area contributed by atoms with Crippen LogP contribution < -0.4 is 10.0 Å². The van der Waals surface area contributed by atoms with Crippen molar-refractivity contribution in [2.24, 2.45) is 5.73 Å². The van der Waals surface area contributed by atoms with Crippen LogP contribution in [0.2, 0.25) is 0 Å². The molecule has 1 amide bonds. The second-order valence-electron chi connectivity index (χ2n) is 3.00. The number of pyridine rings is 1. The van der Waals surface area contributed by atoms with Gasteiger partial charge in [0.2, 0.25) is 15.9 Å². The molecule has 0 aliphatic carbocycles. The lowest BCUT2D eigenvalue weighted by molar-refractivity contribution is 0.1000. The first-order valence-electron chi connectivity index (χ1n) is 4.02. The summed E-state index contributed by atoms with van der Waals surface area (Å²) in [5.41, 5.74) is 5.25. The van der Waals surface area contributed by atoms with Crippen molar-refractivity contribution in [1.82, 2.24) is 4.98 Å². The monoisotopic (exact) mass is 229 g/mol. The van der Waals surface area contributed by atoms with E-state index in [4.69, 9.17) is 5.73 Å². The number of aromatic nitrogens is 1. The molecule has 82 valence electrons. The van der Waals surface area contributed by atoms with Gasteiger partial charge in [0, 0.05) is 13.2 Å². The second kappa shape index (κ2) is 3.85. The molecular formula is C8H11N3O3S. The number of hydrogen-bond donors (Lipinski definition) is 1.